The second-order valence-corrected chi connectivity index (χ2v) is 13.1. The van der Waals surface area contributed by atoms with Crippen LogP contribution in [0.5, 0.6) is 11.5 Å². The lowest BCUT2D eigenvalue weighted by Gasteiger charge is -2.34. The molecule has 2 unspecified atom stereocenters. The minimum absolute atomic E-state index is 0.00534. The summed E-state index contributed by atoms with van der Waals surface area (Å²) in [6.45, 7) is 10.9. The summed E-state index contributed by atoms with van der Waals surface area (Å²) in [7, 11) is 0. The Morgan fingerprint density at radius 1 is 1.11 bits per heavy atom. The summed E-state index contributed by atoms with van der Waals surface area (Å²) < 4.78 is 5.46. The number of phenols is 1. The number of rotatable bonds is 15. The van der Waals surface area contributed by atoms with Gasteiger partial charge in [0.25, 0.3) is 0 Å². The first kappa shape index (κ1) is 36.3. The fourth-order valence-corrected chi connectivity index (χ4v) is 6.29. The molecule has 12 nitrogen and oxygen atoms in total. The van der Waals surface area contributed by atoms with Gasteiger partial charge in [0.15, 0.2) is 11.5 Å². The molecule has 0 aliphatic carbocycles. The molecule has 2 aliphatic rings. The van der Waals surface area contributed by atoms with Crippen molar-refractivity contribution in [2.45, 2.75) is 122 Å². The van der Waals surface area contributed by atoms with Gasteiger partial charge in [-0.1, -0.05) is 26.2 Å². The summed E-state index contributed by atoms with van der Waals surface area (Å²) in [6, 6.07) is -0.214. The van der Waals surface area contributed by atoms with Gasteiger partial charge in [-0.05, 0) is 108 Å². The largest absolute Gasteiger partial charge is 0.504 e. The van der Waals surface area contributed by atoms with Crippen molar-refractivity contribution in [1.82, 2.24) is 20.9 Å². The monoisotopic (exact) mass is 630 g/mol. The molecule has 3 amide bonds. The van der Waals surface area contributed by atoms with E-state index in [-0.39, 0.29) is 28.9 Å². The fourth-order valence-electron chi connectivity index (χ4n) is 6.29. The Balaban J connectivity index is 1.57. The van der Waals surface area contributed by atoms with Crippen molar-refractivity contribution < 1.29 is 29.0 Å². The highest BCUT2D eigenvalue weighted by molar-refractivity contribution is 5.94. The summed E-state index contributed by atoms with van der Waals surface area (Å²) in [5, 5.41) is 19.1. The number of benzene rings is 1. The number of fused-ring (bicyclic) bond motifs is 1. The minimum Gasteiger partial charge on any atom is -0.504 e. The Labute approximate surface area is 267 Å². The molecule has 0 radical (unpaired) electrons. The first-order chi connectivity index (χ1) is 21.3. The van der Waals surface area contributed by atoms with Crippen LogP contribution in [0.15, 0.2) is 12.1 Å². The van der Waals surface area contributed by atoms with Gasteiger partial charge in [0.1, 0.15) is 18.1 Å². The van der Waals surface area contributed by atoms with E-state index in [0.29, 0.717) is 25.9 Å². The zero-order valence-electron chi connectivity index (χ0n) is 27.6. The predicted molar refractivity (Wildman–Crippen MR) is 172 cm³/mol. The molecule has 252 valence electrons. The van der Waals surface area contributed by atoms with E-state index >= 15 is 0 Å². The number of hydrogen-bond donors (Lipinski definition) is 6. The Morgan fingerprint density at radius 2 is 1.82 bits per heavy atom. The van der Waals surface area contributed by atoms with E-state index in [1.807, 2.05) is 13.8 Å². The number of ether oxygens (including phenoxy) is 1. The third kappa shape index (κ3) is 9.40. The van der Waals surface area contributed by atoms with Crippen LogP contribution in [0.2, 0.25) is 0 Å². The van der Waals surface area contributed by atoms with Gasteiger partial charge in [-0.2, -0.15) is 0 Å². The van der Waals surface area contributed by atoms with Crippen molar-refractivity contribution in [3.8, 4) is 11.5 Å². The Kier molecular flexibility index (Phi) is 13.2. The van der Waals surface area contributed by atoms with E-state index in [4.69, 9.17) is 16.2 Å². The van der Waals surface area contributed by atoms with Gasteiger partial charge in [-0.3, -0.25) is 14.4 Å². The molecular formula is C33H54N6O6. The van der Waals surface area contributed by atoms with E-state index in [1.165, 1.54) is 13.8 Å². The van der Waals surface area contributed by atoms with Gasteiger partial charge in [-0.15, -0.1) is 0 Å². The number of amides is 3. The van der Waals surface area contributed by atoms with Crippen LogP contribution in [0.25, 0.3) is 0 Å². The number of nitrogens with two attached hydrogens (primary N) is 2. The molecule has 1 aromatic carbocycles. The van der Waals surface area contributed by atoms with Crippen LogP contribution >= 0.6 is 0 Å². The van der Waals surface area contributed by atoms with E-state index in [9.17, 15) is 24.3 Å². The van der Waals surface area contributed by atoms with Crippen molar-refractivity contribution >= 4 is 23.7 Å². The second-order valence-electron chi connectivity index (χ2n) is 13.1. The summed E-state index contributed by atoms with van der Waals surface area (Å²) in [6.07, 6.45) is 7.38. The molecule has 1 saturated heterocycles. The van der Waals surface area contributed by atoms with Crippen molar-refractivity contribution in [2.24, 2.45) is 17.4 Å². The van der Waals surface area contributed by atoms with E-state index in [1.54, 1.807) is 17.0 Å². The molecule has 0 spiro atoms. The smallest absolute Gasteiger partial charge is 0.333 e. The molecule has 0 aromatic heterocycles. The van der Waals surface area contributed by atoms with E-state index < -0.39 is 42.0 Å². The molecule has 3 rings (SSSR count). The Hall–Kier alpha value is -3.22. The molecule has 1 fully saturated rings. The lowest BCUT2D eigenvalue weighted by atomic mass is 9.85. The van der Waals surface area contributed by atoms with Crippen LogP contribution in [0.4, 0.5) is 0 Å². The number of nitrogens with one attached hydrogen (secondary N) is 3. The number of carbonyl (C=O) groups excluding carboxylic acids is 4. The van der Waals surface area contributed by atoms with Crippen LogP contribution in [0, 0.1) is 5.92 Å². The highest BCUT2D eigenvalue weighted by Crippen LogP contribution is 2.37. The van der Waals surface area contributed by atoms with Gasteiger partial charge in [0, 0.05) is 12.1 Å². The zero-order chi connectivity index (χ0) is 33.3. The standard InChI is InChI=1S/C33H54N6O6/c1-6-7-8-11-22(12-9-15-34)28(35)31(43)39-17-10-13-25(39)30(42)37-20(2)29(41)38-21(3)32(44)45-27-19-24-23(18-26(27)40)14-16-36-33(24,4)5/h18-22,25,28,36,40H,6-17,34-35H2,1-5H3,(H,37,42)(H,38,41)/t20-,21-,22?,25-,28?/m0/s1. The lowest BCUT2D eigenvalue weighted by Crippen LogP contribution is -2.56. The maximum atomic E-state index is 13.5. The zero-order valence-corrected chi connectivity index (χ0v) is 27.6. The highest BCUT2D eigenvalue weighted by atomic mass is 16.5. The average molecular weight is 631 g/mol. The number of hydrogen-bond acceptors (Lipinski definition) is 9. The predicted octanol–water partition coefficient (Wildman–Crippen LogP) is 1.94. The Morgan fingerprint density at radius 3 is 2.51 bits per heavy atom. The van der Waals surface area contributed by atoms with E-state index in [0.717, 1.165) is 62.6 Å². The summed E-state index contributed by atoms with van der Waals surface area (Å²) in [4.78, 5) is 54.1. The molecule has 0 bridgehead atoms. The van der Waals surface area contributed by atoms with Gasteiger partial charge in [0.2, 0.25) is 17.7 Å². The number of carbonyl (C=O) groups is 4. The number of aromatic hydroxyl groups is 1. The number of unbranched alkanes of at least 4 members (excludes halogenated alkanes) is 2. The molecule has 12 heteroatoms. The van der Waals surface area contributed by atoms with Gasteiger partial charge in [-0.25, -0.2) is 4.79 Å². The van der Waals surface area contributed by atoms with Crippen molar-refractivity contribution in [3.63, 3.8) is 0 Å². The third-order valence-corrected chi connectivity index (χ3v) is 9.08. The van der Waals surface area contributed by atoms with E-state index in [2.05, 4.69) is 22.9 Å². The maximum absolute atomic E-state index is 13.5. The number of nitrogens with zero attached hydrogens (tertiary/aromatic N) is 1. The third-order valence-electron chi connectivity index (χ3n) is 9.08. The fraction of sp³-hybridized carbons (Fsp3) is 0.697. The second kappa shape index (κ2) is 16.4. The molecular weight excluding hydrogens is 576 g/mol. The first-order valence-corrected chi connectivity index (χ1v) is 16.5. The quantitative estimate of drug-likeness (QED) is 0.0956. The van der Waals surface area contributed by atoms with Crippen molar-refractivity contribution in [1.29, 1.82) is 0 Å². The van der Waals surface area contributed by atoms with Crippen molar-refractivity contribution in [3.05, 3.63) is 23.3 Å². The number of phenolic OH excluding ortho intramolecular Hbond substituents is 1. The van der Waals surface area contributed by atoms with Crippen LogP contribution in [-0.4, -0.2) is 77.5 Å². The molecule has 2 aliphatic heterocycles. The van der Waals surface area contributed by atoms with Crippen LogP contribution in [0.1, 0.15) is 97.1 Å². The average Bonchev–Trinajstić information content (AvgIpc) is 3.49. The van der Waals surface area contributed by atoms with Gasteiger partial charge < -0.3 is 42.2 Å². The molecule has 8 N–H and O–H groups in total. The SMILES string of the molecule is CCCCCC(CCCN)C(N)C(=O)N1CCC[C@H]1C(=O)N[C@@H](C)C(=O)N[C@@H](C)C(=O)Oc1cc2c(cc1O)CCNC2(C)C. The maximum Gasteiger partial charge on any atom is 0.333 e. The summed E-state index contributed by atoms with van der Waals surface area (Å²) in [5.41, 5.74) is 13.7. The molecule has 45 heavy (non-hydrogen) atoms. The minimum atomic E-state index is -1.06. The lowest BCUT2D eigenvalue weighted by molar-refractivity contribution is -0.142. The first-order valence-electron chi connectivity index (χ1n) is 16.5. The van der Waals surface area contributed by atoms with Crippen LogP contribution in [0.3, 0.4) is 0 Å². The van der Waals surface area contributed by atoms with Crippen LogP contribution < -0.4 is 32.2 Å². The van der Waals surface area contributed by atoms with Crippen molar-refractivity contribution in [2.75, 3.05) is 19.6 Å². The normalized spacial score (nSPS) is 20.0. The van der Waals surface area contributed by atoms with Crippen LogP contribution in [-0.2, 0) is 31.1 Å². The summed E-state index contributed by atoms with van der Waals surface area (Å²) >= 11 is 0. The topological polar surface area (TPSA) is 189 Å². The summed E-state index contributed by atoms with van der Waals surface area (Å²) in [5.74, 6) is -2.18. The number of likely N-dealkylation sites (tertiary alicyclic amines) is 1. The molecule has 1 aromatic rings. The highest BCUT2D eigenvalue weighted by Gasteiger charge is 2.39. The molecule has 5 atom stereocenters. The van der Waals surface area contributed by atoms with Gasteiger partial charge in [0.05, 0.1) is 6.04 Å². The van der Waals surface area contributed by atoms with Gasteiger partial charge >= 0.3 is 5.97 Å². The molecule has 0 saturated carbocycles. The number of esters is 1. The Bertz CT molecular complexity index is 1210. The molecule has 2 heterocycles.